The number of fused-ring (bicyclic) bond motifs is 1. The van der Waals surface area contributed by atoms with E-state index in [9.17, 15) is 18.0 Å². The summed E-state index contributed by atoms with van der Waals surface area (Å²) in [5, 5.41) is 2.94. The fourth-order valence-corrected chi connectivity index (χ4v) is 5.44. The first-order valence-corrected chi connectivity index (χ1v) is 13.0. The summed E-state index contributed by atoms with van der Waals surface area (Å²) < 4.78 is 33.1. The van der Waals surface area contributed by atoms with Crippen molar-refractivity contribution in [2.45, 2.75) is 18.2 Å². The maximum Gasteiger partial charge on any atom is 0.264 e. The molecule has 1 fully saturated rings. The first-order valence-electron chi connectivity index (χ1n) is 11.6. The van der Waals surface area contributed by atoms with Gasteiger partial charge < -0.3 is 15.0 Å². The molecule has 9 nitrogen and oxygen atoms in total. The Bertz CT molecular complexity index is 1380. The number of amides is 1. The van der Waals surface area contributed by atoms with Crippen LogP contribution in [0.25, 0.3) is 10.9 Å². The smallest absolute Gasteiger partial charge is 0.264 e. The van der Waals surface area contributed by atoms with Gasteiger partial charge in [-0.3, -0.25) is 18.8 Å². The summed E-state index contributed by atoms with van der Waals surface area (Å²) >= 11 is 0. The number of nitrogens with one attached hydrogen (secondary N) is 2. The number of H-pyrrole nitrogens is 1. The van der Waals surface area contributed by atoms with Crippen molar-refractivity contribution in [1.29, 1.82) is 0 Å². The molecule has 1 aliphatic heterocycles. The number of pyridine rings is 1. The molecule has 1 aliphatic rings. The summed E-state index contributed by atoms with van der Waals surface area (Å²) in [5.41, 5.74) is 1.25. The molecule has 35 heavy (non-hydrogen) atoms. The van der Waals surface area contributed by atoms with Gasteiger partial charge in [0.15, 0.2) is 0 Å². The van der Waals surface area contributed by atoms with E-state index in [1.54, 1.807) is 18.2 Å². The Labute approximate surface area is 204 Å². The minimum atomic E-state index is -3.92. The van der Waals surface area contributed by atoms with E-state index in [4.69, 9.17) is 4.74 Å². The van der Waals surface area contributed by atoms with Gasteiger partial charge in [-0.05, 0) is 49.7 Å². The molecule has 186 valence electrons. The summed E-state index contributed by atoms with van der Waals surface area (Å²) in [4.78, 5) is 31.0. The molecule has 4 rings (SSSR count). The van der Waals surface area contributed by atoms with Gasteiger partial charge in [0.2, 0.25) is 5.43 Å². The molecule has 10 heteroatoms. The highest BCUT2D eigenvalue weighted by Gasteiger charge is 2.24. The third-order valence-electron chi connectivity index (χ3n) is 6.25. The van der Waals surface area contributed by atoms with Crippen molar-refractivity contribution in [3.05, 3.63) is 70.0 Å². The molecule has 3 aromatic rings. The number of carbonyl (C=O) groups excluding carboxylic acids is 1. The molecule has 2 heterocycles. The molecular formula is C25H30N4O5S. The lowest BCUT2D eigenvalue weighted by Crippen LogP contribution is -2.38. The molecule has 0 radical (unpaired) electrons. The number of anilines is 1. The zero-order valence-corrected chi connectivity index (χ0v) is 20.7. The molecule has 1 aromatic heterocycles. The SMILES string of the molecule is Cc1ccccc1N(C)S(=O)(=O)c1ccc2[nH]cc(C(=O)NCCCN3CCOCC3)c(=O)c2c1. The molecule has 1 amide bonds. The highest BCUT2D eigenvalue weighted by Crippen LogP contribution is 2.26. The summed E-state index contributed by atoms with van der Waals surface area (Å²) in [6, 6.07) is 11.5. The first-order chi connectivity index (χ1) is 16.8. The topological polar surface area (TPSA) is 112 Å². The van der Waals surface area contributed by atoms with Crippen LogP contribution in [0.2, 0.25) is 0 Å². The monoisotopic (exact) mass is 498 g/mol. The van der Waals surface area contributed by atoms with E-state index in [1.807, 2.05) is 19.1 Å². The molecule has 0 bridgehead atoms. The van der Waals surface area contributed by atoms with Crippen molar-refractivity contribution in [3.63, 3.8) is 0 Å². The number of aryl methyl sites for hydroxylation is 1. The number of benzene rings is 2. The number of rotatable bonds is 8. The maximum atomic E-state index is 13.3. The maximum absolute atomic E-state index is 13.3. The van der Waals surface area contributed by atoms with Gasteiger partial charge in [-0.25, -0.2) is 8.42 Å². The van der Waals surface area contributed by atoms with E-state index in [1.165, 1.54) is 29.7 Å². The summed E-state index contributed by atoms with van der Waals surface area (Å²) in [6.07, 6.45) is 2.13. The van der Waals surface area contributed by atoms with Crippen LogP contribution in [-0.2, 0) is 14.8 Å². The van der Waals surface area contributed by atoms with Gasteiger partial charge in [0.1, 0.15) is 5.56 Å². The third-order valence-corrected chi connectivity index (χ3v) is 8.02. The van der Waals surface area contributed by atoms with Crippen molar-refractivity contribution < 1.29 is 17.9 Å². The van der Waals surface area contributed by atoms with E-state index >= 15 is 0 Å². The van der Waals surface area contributed by atoms with Crippen LogP contribution in [0.3, 0.4) is 0 Å². The van der Waals surface area contributed by atoms with Gasteiger partial charge in [-0.15, -0.1) is 0 Å². The van der Waals surface area contributed by atoms with Crippen LogP contribution in [0, 0.1) is 6.92 Å². The van der Waals surface area contributed by atoms with Crippen LogP contribution in [-0.4, -0.2) is 70.6 Å². The predicted molar refractivity (Wildman–Crippen MR) is 136 cm³/mol. The minimum Gasteiger partial charge on any atom is -0.379 e. The predicted octanol–water partition coefficient (Wildman–Crippen LogP) is 2.11. The number of aromatic nitrogens is 1. The van der Waals surface area contributed by atoms with Gasteiger partial charge in [0.25, 0.3) is 15.9 Å². The number of hydrogen-bond acceptors (Lipinski definition) is 6. The number of para-hydroxylation sites is 1. The number of sulfonamides is 1. The number of hydrogen-bond donors (Lipinski definition) is 2. The lowest BCUT2D eigenvalue weighted by atomic mass is 10.1. The third kappa shape index (κ3) is 5.39. The van der Waals surface area contributed by atoms with E-state index < -0.39 is 21.4 Å². The van der Waals surface area contributed by atoms with Gasteiger partial charge >= 0.3 is 0 Å². The van der Waals surface area contributed by atoms with Crippen LogP contribution in [0.5, 0.6) is 0 Å². The Kier molecular flexibility index (Phi) is 7.54. The fourth-order valence-electron chi connectivity index (χ4n) is 4.16. The van der Waals surface area contributed by atoms with Crippen LogP contribution >= 0.6 is 0 Å². The molecule has 0 spiro atoms. The second-order valence-corrected chi connectivity index (χ2v) is 10.5. The molecular weight excluding hydrogens is 468 g/mol. The highest BCUT2D eigenvalue weighted by molar-refractivity contribution is 7.92. The zero-order chi connectivity index (χ0) is 25.0. The van der Waals surface area contributed by atoms with Crippen molar-refractivity contribution in [2.24, 2.45) is 0 Å². The van der Waals surface area contributed by atoms with Gasteiger partial charge in [-0.2, -0.15) is 0 Å². The van der Waals surface area contributed by atoms with Crippen molar-refractivity contribution in [2.75, 3.05) is 50.7 Å². The quantitative estimate of drug-likeness (QED) is 0.460. The number of morpholine rings is 1. The van der Waals surface area contributed by atoms with Gasteiger partial charge in [0.05, 0.1) is 23.8 Å². The van der Waals surface area contributed by atoms with Crippen molar-refractivity contribution >= 4 is 32.5 Å². The normalized spacial score (nSPS) is 14.7. The lowest BCUT2D eigenvalue weighted by Gasteiger charge is -2.26. The Balaban J connectivity index is 1.52. The van der Waals surface area contributed by atoms with Crippen LogP contribution in [0.15, 0.2) is 58.4 Å². The lowest BCUT2D eigenvalue weighted by molar-refractivity contribution is 0.0374. The van der Waals surface area contributed by atoms with Crippen molar-refractivity contribution in [1.82, 2.24) is 15.2 Å². The molecule has 0 unspecified atom stereocenters. The zero-order valence-electron chi connectivity index (χ0n) is 19.9. The molecule has 0 atom stereocenters. The largest absolute Gasteiger partial charge is 0.379 e. The Morgan fingerprint density at radius 2 is 1.91 bits per heavy atom. The van der Waals surface area contributed by atoms with E-state index in [0.29, 0.717) is 17.7 Å². The molecule has 1 saturated heterocycles. The van der Waals surface area contributed by atoms with Crippen LogP contribution < -0.4 is 15.1 Å². The fraction of sp³-hybridized carbons (Fsp3) is 0.360. The summed E-state index contributed by atoms with van der Waals surface area (Å²) in [7, 11) is -2.44. The Hall–Kier alpha value is -3.21. The number of nitrogens with zero attached hydrogens (tertiary/aromatic N) is 2. The second-order valence-electron chi connectivity index (χ2n) is 8.56. The van der Waals surface area contributed by atoms with E-state index in [0.717, 1.165) is 44.8 Å². The Morgan fingerprint density at radius 1 is 1.17 bits per heavy atom. The minimum absolute atomic E-state index is 0.0238. The van der Waals surface area contributed by atoms with Crippen LogP contribution in [0.4, 0.5) is 5.69 Å². The summed E-state index contributed by atoms with van der Waals surface area (Å²) in [5.74, 6) is -0.486. The standard InChI is InChI=1S/C25H30N4O5S/c1-18-6-3-4-7-23(18)28(2)35(32,33)19-8-9-22-20(16-19)24(30)21(17-27-22)25(31)26-10-5-11-29-12-14-34-15-13-29/h3-4,6-9,16-17H,5,10-15H2,1-2H3,(H,26,31)(H,27,30). The number of ether oxygens (including phenoxy) is 1. The molecule has 0 aliphatic carbocycles. The van der Waals surface area contributed by atoms with Gasteiger partial charge in [0, 0.05) is 43.8 Å². The molecule has 0 saturated carbocycles. The van der Waals surface area contributed by atoms with E-state index in [2.05, 4.69) is 15.2 Å². The molecule has 2 N–H and O–H groups in total. The van der Waals surface area contributed by atoms with Crippen LogP contribution in [0.1, 0.15) is 22.3 Å². The highest BCUT2D eigenvalue weighted by atomic mass is 32.2. The average molecular weight is 499 g/mol. The van der Waals surface area contributed by atoms with Crippen molar-refractivity contribution in [3.8, 4) is 0 Å². The van der Waals surface area contributed by atoms with E-state index in [-0.39, 0.29) is 15.8 Å². The number of carbonyl (C=O) groups is 1. The van der Waals surface area contributed by atoms with Gasteiger partial charge in [-0.1, -0.05) is 18.2 Å². The second kappa shape index (κ2) is 10.6. The Morgan fingerprint density at radius 3 is 2.66 bits per heavy atom. The molecule has 2 aromatic carbocycles. The number of aromatic amines is 1. The first kappa shape index (κ1) is 24.9. The summed E-state index contributed by atoms with van der Waals surface area (Å²) in [6.45, 7) is 6.30. The average Bonchev–Trinajstić information content (AvgIpc) is 2.87.